The number of hydrogen-bond donors (Lipinski definition) is 2. The number of aliphatic hydroxyl groups is 1. The predicted molar refractivity (Wildman–Crippen MR) is 109 cm³/mol. The molecule has 0 spiro atoms. The fraction of sp³-hybridized carbons (Fsp3) is 0.650. The van der Waals surface area contributed by atoms with Crippen LogP contribution in [0.15, 0.2) is 30.3 Å². The van der Waals surface area contributed by atoms with Crippen LogP contribution in [0.4, 0.5) is 0 Å². The number of halogens is 1. The molecule has 6 heteroatoms. The molecule has 4 N–H and O–H groups in total. The SMILES string of the molecule is Br.CC(C)[N+]1(C)[C@@H]2CC[C@H]1CC(OC(=O)C(CO)c1ccccc1)C2.N. The van der Waals surface area contributed by atoms with Gasteiger partial charge in [-0.1, -0.05) is 30.3 Å². The summed E-state index contributed by atoms with van der Waals surface area (Å²) in [6.45, 7) is 4.39. The van der Waals surface area contributed by atoms with E-state index in [9.17, 15) is 9.90 Å². The second-order valence-electron chi connectivity index (χ2n) is 7.88. The van der Waals surface area contributed by atoms with Crippen molar-refractivity contribution in [1.29, 1.82) is 0 Å². The molecule has 0 aliphatic carbocycles. The molecule has 26 heavy (non-hydrogen) atoms. The van der Waals surface area contributed by atoms with Crippen molar-refractivity contribution in [2.24, 2.45) is 0 Å². The normalized spacial score (nSPS) is 30.9. The lowest BCUT2D eigenvalue weighted by Crippen LogP contribution is -2.62. The fourth-order valence-electron chi connectivity index (χ4n) is 4.82. The van der Waals surface area contributed by atoms with E-state index in [0.717, 1.165) is 22.9 Å². The molecule has 0 aromatic heterocycles. The molecule has 2 aliphatic rings. The highest BCUT2D eigenvalue weighted by Gasteiger charge is 2.53. The summed E-state index contributed by atoms with van der Waals surface area (Å²) in [5.74, 6) is -0.856. The zero-order chi connectivity index (χ0) is 17.3. The molecular formula is C20H34BrN2O3+. The lowest BCUT2D eigenvalue weighted by molar-refractivity contribution is -0.968. The van der Waals surface area contributed by atoms with E-state index >= 15 is 0 Å². The van der Waals surface area contributed by atoms with Crippen LogP contribution in [0, 0.1) is 0 Å². The van der Waals surface area contributed by atoms with E-state index in [1.807, 2.05) is 30.3 Å². The Morgan fingerprint density at radius 2 is 1.73 bits per heavy atom. The maximum atomic E-state index is 12.6. The van der Waals surface area contributed by atoms with Gasteiger partial charge < -0.3 is 20.5 Å². The summed E-state index contributed by atoms with van der Waals surface area (Å²) >= 11 is 0. The van der Waals surface area contributed by atoms with Crippen molar-refractivity contribution >= 4 is 23.0 Å². The molecule has 5 nitrogen and oxygen atoms in total. The second kappa shape index (κ2) is 9.31. The summed E-state index contributed by atoms with van der Waals surface area (Å²) in [7, 11) is 2.37. The van der Waals surface area contributed by atoms with E-state index in [0.29, 0.717) is 18.1 Å². The molecule has 5 atom stereocenters. The fourth-order valence-corrected chi connectivity index (χ4v) is 4.82. The van der Waals surface area contributed by atoms with Crippen LogP contribution in [-0.2, 0) is 9.53 Å². The summed E-state index contributed by atoms with van der Waals surface area (Å²) in [4.78, 5) is 12.6. The highest BCUT2D eigenvalue weighted by molar-refractivity contribution is 8.93. The third-order valence-corrected chi connectivity index (χ3v) is 6.54. The van der Waals surface area contributed by atoms with E-state index in [2.05, 4.69) is 20.9 Å². The second-order valence-corrected chi connectivity index (χ2v) is 7.88. The quantitative estimate of drug-likeness (QED) is 0.553. The molecule has 2 bridgehead atoms. The summed E-state index contributed by atoms with van der Waals surface area (Å²) in [6, 6.07) is 11.2. The van der Waals surface area contributed by atoms with Gasteiger partial charge in [0, 0.05) is 25.7 Å². The van der Waals surface area contributed by atoms with E-state index in [1.165, 1.54) is 12.8 Å². The van der Waals surface area contributed by atoms with Crippen LogP contribution in [0.1, 0.15) is 51.0 Å². The van der Waals surface area contributed by atoms with Gasteiger partial charge in [0.05, 0.1) is 31.8 Å². The molecule has 2 heterocycles. The van der Waals surface area contributed by atoms with Gasteiger partial charge in [-0.2, -0.15) is 0 Å². The van der Waals surface area contributed by atoms with Gasteiger partial charge >= 0.3 is 5.97 Å². The van der Waals surface area contributed by atoms with Crippen LogP contribution in [0.25, 0.3) is 0 Å². The molecule has 1 aromatic carbocycles. The average Bonchev–Trinajstić information content (AvgIpc) is 2.74. The average molecular weight is 430 g/mol. The molecule has 0 radical (unpaired) electrons. The number of quaternary nitrogens is 1. The zero-order valence-electron chi connectivity index (χ0n) is 16.1. The van der Waals surface area contributed by atoms with Gasteiger partial charge in [0.1, 0.15) is 12.0 Å². The smallest absolute Gasteiger partial charge is 0.316 e. The Labute approximate surface area is 167 Å². The van der Waals surface area contributed by atoms with Crippen molar-refractivity contribution in [2.75, 3.05) is 13.7 Å². The minimum absolute atomic E-state index is 0. The molecule has 0 amide bonds. The van der Waals surface area contributed by atoms with Gasteiger partial charge in [-0.05, 0) is 19.4 Å². The Bertz CT molecular complexity index is 568. The Balaban J connectivity index is 0.00000169. The predicted octanol–water partition coefficient (Wildman–Crippen LogP) is 3.59. The number of carbonyl (C=O) groups is 1. The Morgan fingerprint density at radius 3 is 2.19 bits per heavy atom. The van der Waals surface area contributed by atoms with Crippen LogP contribution in [-0.4, -0.2) is 53.4 Å². The number of piperidine rings is 1. The van der Waals surface area contributed by atoms with Gasteiger partial charge in [0.15, 0.2) is 0 Å². The topological polar surface area (TPSA) is 81.5 Å². The molecular weight excluding hydrogens is 396 g/mol. The van der Waals surface area contributed by atoms with Gasteiger partial charge in [-0.15, -0.1) is 17.0 Å². The number of benzene rings is 1. The minimum Gasteiger partial charge on any atom is -0.461 e. The zero-order valence-corrected chi connectivity index (χ0v) is 17.8. The van der Waals surface area contributed by atoms with Gasteiger partial charge in [0.2, 0.25) is 0 Å². The van der Waals surface area contributed by atoms with E-state index < -0.39 is 5.92 Å². The number of esters is 1. The third kappa shape index (κ3) is 4.14. The third-order valence-electron chi connectivity index (χ3n) is 6.54. The number of rotatable bonds is 5. The molecule has 3 unspecified atom stereocenters. The van der Waals surface area contributed by atoms with Crippen molar-refractivity contribution in [1.82, 2.24) is 6.15 Å². The van der Waals surface area contributed by atoms with Crippen LogP contribution in [0.3, 0.4) is 0 Å². The number of nitrogens with zero attached hydrogens (tertiary/aromatic N) is 1. The summed E-state index contributed by atoms with van der Waals surface area (Å²) < 4.78 is 6.96. The van der Waals surface area contributed by atoms with Crippen LogP contribution in [0.2, 0.25) is 0 Å². The highest BCUT2D eigenvalue weighted by atomic mass is 79.9. The van der Waals surface area contributed by atoms with Gasteiger partial charge in [-0.25, -0.2) is 0 Å². The van der Waals surface area contributed by atoms with Crippen molar-refractivity contribution in [3.63, 3.8) is 0 Å². The Hall–Kier alpha value is -0.950. The number of carbonyl (C=O) groups excluding carboxylic acids is 1. The molecule has 2 fully saturated rings. The standard InChI is InChI=1S/C20H30NO3.BrH.H3N/c1-14(2)21(3)16-9-10-17(21)12-18(11-16)24-20(23)19(13-22)15-7-5-4-6-8-15;;/h4-8,14,16-19,22H,9-13H2,1-3H3;1H;1H3/q+1;;/t16-,17+,18?,19?,21?;;. The summed E-state index contributed by atoms with van der Waals surface area (Å²) in [5, 5.41) is 9.65. The summed E-state index contributed by atoms with van der Waals surface area (Å²) in [6.07, 6.45) is 4.36. The molecule has 1 aromatic rings. The van der Waals surface area contributed by atoms with Crippen molar-refractivity contribution in [2.45, 2.75) is 69.7 Å². The first kappa shape index (κ1) is 23.1. The molecule has 3 rings (SSSR count). The molecule has 2 aliphatic heterocycles. The van der Waals surface area contributed by atoms with Crippen molar-refractivity contribution in [3.8, 4) is 0 Å². The van der Waals surface area contributed by atoms with Gasteiger partial charge in [-0.3, -0.25) is 4.79 Å². The first-order valence-electron chi connectivity index (χ1n) is 9.18. The van der Waals surface area contributed by atoms with E-state index in [1.54, 1.807) is 0 Å². The van der Waals surface area contributed by atoms with E-state index in [4.69, 9.17) is 4.74 Å². The molecule has 148 valence electrons. The van der Waals surface area contributed by atoms with Crippen LogP contribution >= 0.6 is 17.0 Å². The monoisotopic (exact) mass is 429 g/mol. The number of aliphatic hydroxyl groups excluding tert-OH is 1. The number of hydrogen-bond acceptors (Lipinski definition) is 4. The largest absolute Gasteiger partial charge is 0.461 e. The lowest BCUT2D eigenvalue weighted by atomic mass is 9.94. The van der Waals surface area contributed by atoms with Gasteiger partial charge in [0.25, 0.3) is 0 Å². The Morgan fingerprint density at radius 1 is 1.19 bits per heavy atom. The molecule has 0 saturated carbocycles. The maximum absolute atomic E-state index is 12.6. The van der Waals surface area contributed by atoms with Crippen LogP contribution < -0.4 is 6.15 Å². The highest BCUT2D eigenvalue weighted by Crippen LogP contribution is 2.44. The maximum Gasteiger partial charge on any atom is 0.316 e. The number of ether oxygens (including phenoxy) is 1. The lowest BCUT2D eigenvalue weighted by Gasteiger charge is -2.49. The molecule has 2 saturated heterocycles. The van der Waals surface area contributed by atoms with E-state index in [-0.39, 0.29) is 41.8 Å². The minimum atomic E-state index is -0.572. The van der Waals surface area contributed by atoms with Crippen LogP contribution in [0.5, 0.6) is 0 Å². The summed E-state index contributed by atoms with van der Waals surface area (Å²) in [5.41, 5.74) is 0.826. The first-order chi connectivity index (χ1) is 11.5. The Kier molecular flexibility index (Phi) is 8.27. The van der Waals surface area contributed by atoms with Crippen molar-refractivity contribution in [3.05, 3.63) is 35.9 Å². The van der Waals surface area contributed by atoms with Crippen molar-refractivity contribution < 1.29 is 19.1 Å². The number of fused-ring (bicyclic) bond motifs is 2. The first-order valence-corrected chi connectivity index (χ1v) is 9.18.